The van der Waals surface area contributed by atoms with Crippen LogP contribution in [0.25, 0.3) is 0 Å². The highest BCUT2D eigenvalue weighted by Crippen LogP contribution is 1.97. The van der Waals surface area contributed by atoms with Crippen molar-refractivity contribution < 1.29 is 5.11 Å². The molecule has 1 unspecified atom stereocenters. The Balaban J connectivity index is 2.74. The summed E-state index contributed by atoms with van der Waals surface area (Å²) in [6, 6.07) is 0.221. The number of aromatic nitrogens is 2. The number of rotatable bonds is 6. The van der Waals surface area contributed by atoms with Gasteiger partial charge in [0.15, 0.2) is 0 Å². The van der Waals surface area contributed by atoms with Crippen LogP contribution in [0.2, 0.25) is 0 Å². The van der Waals surface area contributed by atoms with Gasteiger partial charge in [-0.2, -0.15) is 0 Å². The molecule has 102 valence electrons. The number of aliphatic hydroxyl groups excluding tert-OH is 1. The van der Waals surface area contributed by atoms with E-state index in [4.69, 9.17) is 5.11 Å². The zero-order chi connectivity index (χ0) is 13.7. The molecule has 0 aliphatic carbocycles. The number of aryl methyl sites for hydroxylation is 1. The molecular weight excluding hydrogens is 234 g/mol. The lowest BCUT2D eigenvalue weighted by Crippen LogP contribution is -2.40. The minimum atomic E-state index is -0.322. The fraction of sp³-hybridized carbons (Fsp3) is 0.667. The highest BCUT2D eigenvalue weighted by Gasteiger charge is 2.08. The van der Waals surface area contributed by atoms with Crippen molar-refractivity contribution >= 4 is 0 Å². The van der Waals surface area contributed by atoms with E-state index < -0.39 is 0 Å². The predicted octanol–water partition coefficient (Wildman–Crippen LogP) is -0.665. The standard InChI is InChI=1S/C12H21N3O3/c1-9(5-4-6-16)13-7-10-8-14(2)12(18)15(3)11(10)17/h8-9,13,16H,4-7H2,1-3H3. The number of hydrogen-bond donors (Lipinski definition) is 2. The first-order chi connectivity index (χ1) is 8.47. The van der Waals surface area contributed by atoms with Gasteiger partial charge in [0, 0.05) is 45.0 Å². The van der Waals surface area contributed by atoms with Crippen LogP contribution in [0.3, 0.4) is 0 Å². The van der Waals surface area contributed by atoms with Crippen molar-refractivity contribution in [3.8, 4) is 0 Å². The Morgan fingerprint density at radius 3 is 2.67 bits per heavy atom. The van der Waals surface area contributed by atoms with Crippen molar-refractivity contribution in [3.63, 3.8) is 0 Å². The smallest absolute Gasteiger partial charge is 0.330 e. The summed E-state index contributed by atoms with van der Waals surface area (Å²) in [5.74, 6) is 0. The maximum Gasteiger partial charge on any atom is 0.330 e. The number of aliphatic hydroxyl groups is 1. The van der Waals surface area contributed by atoms with Crippen LogP contribution in [0.5, 0.6) is 0 Å². The van der Waals surface area contributed by atoms with Crippen molar-refractivity contribution in [2.24, 2.45) is 14.1 Å². The molecule has 1 heterocycles. The van der Waals surface area contributed by atoms with Gasteiger partial charge in [-0.3, -0.25) is 9.36 Å². The molecule has 0 spiro atoms. The molecule has 0 saturated carbocycles. The van der Waals surface area contributed by atoms with Gasteiger partial charge < -0.3 is 15.0 Å². The second-order valence-electron chi connectivity index (χ2n) is 4.56. The van der Waals surface area contributed by atoms with Gasteiger partial charge >= 0.3 is 5.69 Å². The number of nitrogens with one attached hydrogen (secondary N) is 1. The zero-order valence-electron chi connectivity index (χ0n) is 11.1. The van der Waals surface area contributed by atoms with E-state index >= 15 is 0 Å². The zero-order valence-corrected chi connectivity index (χ0v) is 11.1. The Labute approximate surface area is 106 Å². The predicted molar refractivity (Wildman–Crippen MR) is 69.5 cm³/mol. The van der Waals surface area contributed by atoms with Crippen LogP contribution >= 0.6 is 0 Å². The summed E-state index contributed by atoms with van der Waals surface area (Å²) in [5.41, 5.74) is -0.0208. The van der Waals surface area contributed by atoms with E-state index in [0.717, 1.165) is 17.4 Å². The Hall–Kier alpha value is -1.40. The van der Waals surface area contributed by atoms with Gasteiger partial charge in [-0.25, -0.2) is 4.79 Å². The van der Waals surface area contributed by atoms with Gasteiger partial charge in [0.1, 0.15) is 0 Å². The average Bonchev–Trinajstić information content (AvgIpc) is 2.36. The summed E-state index contributed by atoms with van der Waals surface area (Å²) >= 11 is 0. The highest BCUT2D eigenvalue weighted by atomic mass is 16.3. The number of nitrogens with zero attached hydrogens (tertiary/aromatic N) is 2. The van der Waals surface area contributed by atoms with Crippen molar-refractivity contribution in [1.82, 2.24) is 14.5 Å². The fourth-order valence-electron chi connectivity index (χ4n) is 1.79. The van der Waals surface area contributed by atoms with E-state index in [1.54, 1.807) is 13.2 Å². The normalized spacial score (nSPS) is 12.7. The lowest BCUT2D eigenvalue weighted by molar-refractivity contribution is 0.276. The summed E-state index contributed by atoms with van der Waals surface area (Å²) < 4.78 is 2.51. The molecule has 1 rings (SSSR count). The molecule has 0 amide bonds. The summed E-state index contributed by atoms with van der Waals surface area (Å²) in [4.78, 5) is 23.3. The van der Waals surface area contributed by atoms with Gasteiger partial charge in [0.2, 0.25) is 0 Å². The van der Waals surface area contributed by atoms with Crippen molar-refractivity contribution in [2.75, 3.05) is 6.61 Å². The molecule has 18 heavy (non-hydrogen) atoms. The third-order valence-corrected chi connectivity index (χ3v) is 2.95. The van der Waals surface area contributed by atoms with E-state index in [1.165, 1.54) is 11.6 Å². The van der Waals surface area contributed by atoms with E-state index in [-0.39, 0.29) is 23.9 Å². The van der Waals surface area contributed by atoms with Gasteiger partial charge in [-0.1, -0.05) is 0 Å². The van der Waals surface area contributed by atoms with Crippen molar-refractivity contribution in [3.05, 3.63) is 32.6 Å². The first-order valence-electron chi connectivity index (χ1n) is 6.07. The quantitative estimate of drug-likeness (QED) is 0.707. The van der Waals surface area contributed by atoms with Crippen LogP contribution in [0.1, 0.15) is 25.3 Å². The maximum absolute atomic E-state index is 11.8. The van der Waals surface area contributed by atoms with Gasteiger partial charge in [0.05, 0.1) is 0 Å². The lowest BCUT2D eigenvalue weighted by atomic mass is 10.2. The van der Waals surface area contributed by atoms with Gasteiger partial charge in [-0.15, -0.1) is 0 Å². The molecule has 0 fully saturated rings. The third-order valence-electron chi connectivity index (χ3n) is 2.95. The Kier molecular flexibility index (Phi) is 5.30. The van der Waals surface area contributed by atoms with Crippen LogP contribution in [-0.4, -0.2) is 26.9 Å². The highest BCUT2D eigenvalue weighted by molar-refractivity contribution is 5.05. The Morgan fingerprint density at radius 1 is 1.39 bits per heavy atom. The fourth-order valence-corrected chi connectivity index (χ4v) is 1.79. The second-order valence-corrected chi connectivity index (χ2v) is 4.56. The summed E-state index contributed by atoms with van der Waals surface area (Å²) in [5, 5.41) is 11.9. The topological polar surface area (TPSA) is 76.3 Å². The molecule has 6 heteroatoms. The molecule has 0 saturated heterocycles. The maximum atomic E-state index is 11.8. The van der Waals surface area contributed by atoms with Crippen LogP contribution < -0.4 is 16.6 Å². The lowest BCUT2D eigenvalue weighted by Gasteiger charge is -2.13. The van der Waals surface area contributed by atoms with Crippen LogP contribution in [-0.2, 0) is 20.6 Å². The first-order valence-corrected chi connectivity index (χ1v) is 6.07. The summed E-state index contributed by atoms with van der Waals surface area (Å²) in [6.07, 6.45) is 3.15. The molecular formula is C12H21N3O3. The molecule has 0 aromatic carbocycles. The van der Waals surface area contributed by atoms with Crippen molar-refractivity contribution in [1.29, 1.82) is 0 Å². The molecule has 0 aliphatic rings. The summed E-state index contributed by atoms with van der Waals surface area (Å²) in [6.45, 7) is 2.60. The summed E-state index contributed by atoms with van der Waals surface area (Å²) in [7, 11) is 3.10. The molecule has 0 bridgehead atoms. The Morgan fingerprint density at radius 2 is 2.06 bits per heavy atom. The van der Waals surface area contributed by atoms with E-state index in [2.05, 4.69) is 5.32 Å². The minimum absolute atomic E-state index is 0.174. The van der Waals surface area contributed by atoms with E-state index in [1.807, 2.05) is 6.92 Å². The Bertz CT molecular complexity index is 504. The molecule has 0 aliphatic heterocycles. The molecule has 1 atom stereocenters. The van der Waals surface area contributed by atoms with E-state index in [0.29, 0.717) is 12.1 Å². The average molecular weight is 255 g/mol. The van der Waals surface area contributed by atoms with E-state index in [9.17, 15) is 9.59 Å². The monoisotopic (exact) mass is 255 g/mol. The largest absolute Gasteiger partial charge is 0.396 e. The molecule has 6 nitrogen and oxygen atoms in total. The second kappa shape index (κ2) is 6.51. The minimum Gasteiger partial charge on any atom is -0.396 e. The van der Waals surface area contributed by atoms with Crippen LogP contribution in [0.4, 0.5) is 0 Å². The SMILES string of the molecule is CC(CCCO)NCc1cn(C)c(=O)n(C)c1=O. The van der Waals surface area contributed by atoms with Gasteiger partial charge in [0.25, 0.3) is 5.56 Å². The van der Waals surface area contributed by atoms with Crippen molar-refractivity contribution in [2.45, 2.75) is 32.4 Å². The molecule has 1 aromatic rings. The van der Waals surface area contributed by atoms with Crippen LogP contribution in [0, 0.1) is 0 Å². The molecule has 1 aromatic heterocycles. The first kappa shape index (κ1) is 14.7. The molecule has 2 N–H and O–H groups in total. The third kappa shape index (κ3) is 3.54. The van der Waals surface area contributed by atoms with Gasteiger partial charge in [-0.05, 0) is 19.8 Å². The molecule has 0 radical (unpaired) electrons. The number of hydrogen-bond acceptors (Lipinski definition) is 4. The van der Waals surface area contributed by atoms with Crippen LogP contribution in [0.15, 0.2) is 15.8 Å².